The third-order valence-electron chi connectivity index (χ3n) is 3.58. The maximum absolute atomic E-state index is 13.8. The topological polar surface area (TPSA) is 38.3 Å². The van der Waals surface area contributed by atoms with E-state index in [1.54, 1.807) is 60.7 Å². The molecule has 27 heavy (non-hydrogen) atoms. The second-order valence-corrected chi connectivity index (χ2v) is 6.36. The van der Waals surface area contributed by atoms with Crippen LogP contribution in [0.3, 0.4) is 0 Å². The van der Waals surface area contributed by atoms with E-state index in [1.807, 2.05) is 0 Å². The molecule has 0 bridgehead atoms. The number of hydrogen-bond acceptors (Lipinski definition) is 2. The van der Waals surface area contributed by atoms with E-state index < -0.39 is 5.82 Å². The quantitative estimate of drug-likeness (QED) is 0.490. The molecular formula is C21H14Cl2FNO2. The van der Waals surface area contributed by atoms with E-state index in [0.717, 1.165) is 0 Å². The van der Waals surface area contributed by atoms with Crippen molar-refractivity contribution in [2.75, 3.05) is 5.32 Å². The summed E-state index contributed by atoms with van der Waals surface area (Å²) >= 11 is 11.9. The predicted octanol–water partition coefficient (Wildman–Crippen LogP) is 6.58. The summed E-state index contributed by atoms with van der Waals surface area (Å²) in [7, 11) is 0. The zero-order valence-corrected chi connectivity index (χ0v) is 15.5. The third kappa shape index (κ3) is 5.09. The number of hydrogen-bond donors (Lipinski definition) is 1. The molecule has 0 spiro atoms. The lowest BCUT2D eigenvalue weighted by Crippen LogP contribution is -2.08. The average Bonchev–Trinajstić information content (AvgIpc) is 2.64. The maximum atomic E-state index is 13.8. The molecule has 0 aliphatic carbocycles. The van der Waals surface area contributed by atoms with Gasteiger partial charge in [0.25, 0.3) is 0 Å². The Morgan fingerprint density at radius 2 is 1.67 bits per heavy atom. The van der Waals surface area contributed by atoms with Gasteiger partial charge in [0.2, 0.25) is 5.91 Å². The molecule has 0 saturated carbocycles. The van der Waals surface area contributed by atoms with Crippen LogP contribution >= 0.6 is 23.2 Å². The molecule has 0 unspecified atom stereocenters. The van der Waals surface area contributed by atoms with Gasteiger partial charge in [0.15, 0.2) is 17.3 Å². The maximum Gasteiger partial charge on any atom is 0.248 e. The fourth-order valence-corrected chi connectivity index (χ4v) is 2.75. The van der Waals surface area contributed by atoms with Crippen LogP contribution in [-0.2, 0) is 4.79 Å². The van der Waals surface area contributed by atoms with Crippen molar-refractivity contribution in [1.29, 1.82) is 0 Å². The SMILES string of the molecule is O=C(/C=C/c1ccc(Cl)cc1Cl)Nc1ccccc1Oc1ccccc1F. The highest BCUT2D eigenvalue weighted by atomic mass is 35.5. The smallest absolute Gasteiger partial charge is 0.248 e. The number of rotatable bonds is 5. The lowest BCUT2D eigenvalue weighted by Gasteiger charge is -2.11. The van der Waals surface area contributed by atoms with Gasteiger partial charge in [-0.3, -0.25) is 4.79 Å². The van der Waals surface area contributed by atoms with Gasteiger partial charge < -0.3 is 10.1 Å². The molecule has 0 atom stereocenters. The minimum atomic E-state index is -0.490. The first-order valence-electron chi connectivity index (χ1n) is 7.98. The Labute approximate surface area is 166 Å². The number of anilines is 1. The van der Waals surface area contributed by atoms with E-state index in [0.29, 0.717) is 27.0 Å². The van der Waals surface area contributed by atoms with Crippen molar-refractivity contribution in [2.45, 2.75) is 0 Å². The highest BCUT2D eigenvalue weighted by Crippen LogP contribution is 2.30. The highest BCUT2D eigenvalue weighted by molar-refractivity contribution is 6.35. The molecule has 1 N–H and O–H groups in total. The van der Waals surface area contributed by atoms with Crippen LogP contribution in [0.2, 0.25) is 10.0 Å². The molecule has 1 amide bonds. The average molecular weight is 402 g/mol. The number of halogens is 3. The summed E-state index contributed by atoms with van der Waals surface area (Å²) in [4.78, 5) is 12.2. The third-order valence-corrected chi connectivity index (χ3v) is 4.14. The largest absolute Gasteiger partial charge is 0.452 e. The fourth-order valence-electron chi connectivity index (χ4n) is 2.28. The van der Waals surface area contributed by atoms with Gasteiger partial charge in [-0.15, -0.1) is 0 Å². The van der Waals surface area contributed by atoms with Crippen LogP contribution in [-0.4, -0.2) is 5.91 Å². The number of carbonyl (C=O) groups is 1. The number of para-hydroxylation sites is 3. The molecule has 3 aromatic carbocycles. The van der Waals surface area contributed by atoms with Crippen molar-refractivity contribution in [2.24, 2.45) is 0 Å². The van der Waals surface area contributed by atoms with E-state index in [1.165, 1.54) is 18.2 Å². The van der Waals surface area contributed by atoms with Gasteiger partial charge in [0, 0.05) is 16.1 Å². The van der Waals surface area contributed by atoms with Gasteiger partial charge in [0.1, 0.15) is 0 Å². The number of amides is 1. The number of carbonyl (C=O) groups excluding carboxylic acids is 1. The zero-order chi connectivity index (χ0) is 19.2. The minimum Gasteiger partial charge on any atom is -0.452 e. The van der Waals surface area contributed by atoms with Crippen LogP contribution in [0.1, 0.15) is 5.56 Å². The Bertz CT molecular complexity index is 1000. The summed E-state index contributed by atoms with van der Waals surface area (Å²) in [5.41, 5.74) is 1.07. The van der Waals surface area contributed by atoms with Crippen molar-refractivity contribution in [3.8, 4) is 11.5 Å². The van der Waals surface area contributed by atoms with Crippen LogP contribution < -0.4 is 10.1 Å². The molecule has 0 heterocycles. The van der Waals surface area contributed by atoms with Crippen LogP contribution in [0, 0.1) is 5.82 Å². The molecule has 6 heteroatoms. The van der Waals surface area contributed by atoms with Crippen LogP contribution in [0.25, 0.3) is 6.08 Å². The molecule has 136 valence electrons. The minimum absolute atomic E-state index is 0.0719. The molecule has 3 rings (SSSR count). The Morgan fingerprint density at radius 3 is 2.41 bits per heavy atom. The van der Waals surface area contributed by atoms with E-state index in [-0.39, 0.29) is 11.7 Å². The van der Waals surface area contributed by atoms with Gasteiger partial charge in [-0.05, 0) is 48.0 Å². The second-order valence-electron chi connectivity index (χ2n) is 5.52. The van der Waals surface area contributed by atoms with Gasteiger partial charge in [-0.25, -0.2) is 4.39 Å². The summed E-state index contributed by atoms with van der Waals surface area (Å²) in [6, 6.07) is 17.8. The Hall–Kier alpha value is -2.82. The molecule has 3 aromatic rings. The molecule has 0 fully saturated rings. The fraction of sp³-hybridized carbons (Fsp3) is 0. The van der Waals surface area contributed by atoms with Crippen molar-refractivity contribution < 1.29 is 13.9 Å². The zero-order valence-electron chi connectivity index (χ0n) is 14.0. The van der Waals surface area contributed by atoms with Crippen molar-refractivity contribution >= 4 is 40.9 Å². The van der Waals surface area contributed by atoms with Gasteiger partial charge >= 0.3 is 0 Å². The van der Waals surface area contributed by atoms with Crippen LogP contribution in [0.4, 0.5) is 10.1 Å². The van der Waals surface area contributed by atoms with Gasteiger partial charge in [-0.2, -0.15) is 0 Å². The van der Waals surface area contributed by atoms with Gasteiger partial charge in [0.05, 0.1) is 5.69 Å². The lowest BCUT2D eigenvalue weighted by atomic mass is 10.2. The molecule has 0 aliphatic rings. The normalized spacial score (nSPS) is 10.8. The first kappa shape index (κ1) is 19.0. The van der Waals surface area contributed by atoms with Crippen molar-refractivity contribution in [3.05, 3.63) is 94.2 Å². The first-order valence-corrected chi connectivity index (χ1v) is 8.74. The molecule has 0 saturated heterocycles. The molecule has 3 nitrogen and oxygen atoms in total. The molecule has 0 radical (unpaired) electrons. The van der Waals surface area contributed by atoms with E-state index in [9.17, 15) is 9.18 Å². The van der Waals surface area contributed by atoms with Crippen molar-refractivity contribution in [1.82, 2.24) is 0 Å². The lowest BCUT2D eigenvalue weighted by molar-refractivity contribution is -0.111. The summed E-state index contributed by atoms with van der Waals surface area (Å²) < 4.78 is 19.4. The monoisotopic (exact) mass is 401 g/mol. The first-order chi connectivity index (χ1) is 13.0. The Morgan fingerprint density at radius 1 is 0.963 bits per heavy atom. The number of benzene rings is 3. The standard InChI is InChI=1S/C21H14Cl2FNO2/c22-15-11-9-14(16(23)13-15)10-12-21(26)25-18-6-2-4-8-20(18)27-19-7-3-1-5-17(19)24/h1-13H,(H,25,26)/b12-10+. The van der Waals surface area contributed by atoms with E-state index in [4.69, 9.17) is 27.9 Å². The van der Waals surface area contributed by atoms with Crippen molar-refractivity contribution in [3.63, 3.8) is 0 Å². The number of nitrogens with one attached hydrogen (secondary N) is 1. The summed E-state index contributed by atoms with van der Waals surface area (Å²) in [5.74, 6) is -0.474. The summed E-state index contributed by atoms with van der Waals surface area (Å²) in [6.07, 6.45) is 2.92. The predicted molar refractivity (Wildman–Crippen MR) is 107 cm³/mol. The highest BCUT2D eigenvalue weighted by Gasteiger charge is 2.09. The second kappa shape index (κ2) is 8.71. The molecule has 0 aromatic heterocycles. The van der Waals surface area contributed by atoms with Gasteiger partial charge in [-0.1, -0.05) is 53.5 Å². The number of ether oxygens (including phenoxy) is 1. The summed E-state index contributed by atoms with van der Waals surface area (Å²) in [6.45, 7) is 0. The summed E-state index contributed by atoms with van der Waals surface area (Å²) in [5, 5.41) is 3.66. The Kier molecular flexibility index (Phi) is 6.12. The van der Waals surface area contributed by atoms with Crippen LogP contribution in [0.5, 0.6) is 11.5 Å². The molecular weight excluding hydrogens is 388 g/mol. The van der Waals surface area contributed by atoms with Crippen LogP contribution in [0.15, 0.2) is 72.8 Å². The Balaban J connectivity index is 1.75. The van der Waals surface area contributed by atoms with E-state index >= 15 is 0 Å². The van der Waals surface area contributed by atoms with E-state index in [2.05, 4.69) is 5.32 Å². The molecule has 0 aliphatic heterocycles.